The summed E-state index contributed by atoms with van der Waals surface area (Å²) < 4.78 is 5.58. The Morgan fingerprint density at radius 1 is 1.53 bits per heavy atom. The highest BCUT2D eigenvalue weighted by molar-refractivity contribution is 5.75. The standard InChI is InChI=1S/C11H19N3O/c1-9-13-5-2-11(15-9)8-10-3-6-14(12)7-4-10/h2,10H,3-8,12H2,1H3. The molecule has 1 saturated heterocycles. The zero-order valence-electron chi connectivity index (χ0n) is 9.28. The van der Waals surface area contributed by atoms with Crippen LogP contribution in [0.5, 0.6) is 0 Å². The van der Waals surface area contributed by atoms with Gasteiger partial charge < -0.3 is 4.74 Å². The van der Waals surface area contributed by atoms with E-state index in [1.165, 1.54) is 12.8 Å². The Labute approximate surface area is 90.8 Å². The second-order valence-corrected chi connectivity index (χ2v) is 4.32. The Morgan fingerprint density at radius 2 is 2.27 bits per heavy atom. The summed E-state index contributed by atoms with van der Waals surface area (Å²) in [4.78, 5) is 4.18. The first-order valence-electron chi connectivity index (χ1n) is 5.61. The maximum atomic E-state index is 5.72. The molecule has 0 atom stereocenters. The lowest BCUT2D eigenvalue weighted by Gasteiger charge is -2.29. The number of piperidine rings is 1. The maximum absolute atomic E-state index is 5.72. The first-order valence-corrected chi connectivity index (χ1v) is 5.61. The zero-order valence-corrected chi connectivity index (χ0v) is 9.28. The molecule has 2 aliphatic rings. The first-order chi connectivity index (χ1) is 7.24. The minimum absolute atomic E-state index is 0.724. The van der Waals surface area contributed by atoms with Crippen LogP contribution in [0.1, 0.15) is 26.2 Å². The van der Waals surface area contributed by atoms with Crippen molar-refractivity contribution in [1.29, 1.82) is 0 Å². The Balaban J connectivity index is 1.80. The predicted molar refractivity (Wildman–Crippen MR) is 60.2 cm³/mol. The maximum Gasteiger partial charge on any atom is 0.186 e. The van der Waals surface area contributed by atoms with Crippen LogP contribution in [-0.2, 0) is 4.74 Å². The van der Waals surface area contributed by atoms with E-state index in [1.807, 2.05) is 11.9 Å². The second-order valence-electron chi connectivity index (χ2n) is 4.32. The molecule has 4 heteroatoms. The number of allylic oxidation sites excluding steroid dienone is 1. The van der Waals surface area contributed by atoms with E-state index in [4.69, 9.17) is 10.6 Å². The second kappa shape index (κ2) is 4.77. The van der Waals surface area contributed by atoms with E-state index in [9.17, 15) is 0 Å². The fourth-order valence-corrected chi connectivity index (χ4v) is 2.11. The van der Waals surface area contributed by atoms with Crippen LogP contribution in [0.2, 0.25) is 0 Å². The van der Waals surface area contributed by atoms with E-state index < -0.39 is 0 Å². The molecule has 15 heavy (non-hydrogen) atoms. The lowest BCUT2D eigenvalue weighted by atomic mass is 9.93. The fraction of sp³-hybridized carbons (Fsp3) is 0.727. The molecule has 2 rings (SSSR count). The molecule has 4 nitrogen and oxygen atoms in total. The van der Waals surface area contributed by atoms with E-state index in [2.05, 4.69) is 11.1 Å². The Morgan fingerprint density at radius 3 is 2.93 bits per heavy atom. The summed E-state index contributed by atoms with van der Waals surface area (Å²) >= 11 is 0. The Hall–Kier alpha value is -0.870. The number of hydrogen-bond donors (Lipinski definition) is 1. The molecule has 0 bridgehead atoms. The minimum Gasteiger partial charge on any atom is -0.448 e. The summed E-state index contributed by atoms with van der Waals surface area (Å²) in [6.45, 7) is 4.70. The SMILES string of the molecule is CC1=NCC=C(CC2CCN(N)CC2)O1. The third-order valence-corrected chi connectivity index (χ3v) is 3.05. The van der Waals surface area contributed by atoms with Crippen LogP contribution in [0, 0.1) is 5.92 Å². The summed E-state index contributed by atoms with van der Waals surface area (Å²) in [5.41, 5.74) is 0. The van der Waals surface area contributed by atoms with Gasteiger partial charge in [-0.1, -0.05) is 0 Å². The van der Waals surface area contributed by atoms with Crippen LogP contribution in [0.3, 0.4) is 0 Å². The van der Waals surface area contributed by atoms with Gasteiger partial charge in [-0.05, 0) is 24.8 Å². The quantitative estimate of drug-likeness (QED) is 0.697. The lowest BCUT2D eigenvalue weighted by molar-refractivity contribution is 0.178. The van der Waals surface area contributed by atoms with E-state index in [1.54, 1.807) is 0 Å². The molecule has 2 heterocycles. The van der Waals surface area contributed by atoms with Gasteiger partial charge in [-0.15, -0.1) is 0 Å². The predicted octanol–water partition coefficient (Wildman–Crippen LogP) is 1.29. The summed E-state index contributed by atoms with van der Waals surface area (Å²) in [6, 6.07) is 0. The van der Waals surface area contributed by atoms with E-state index in [0.29, 0.717) is 0 Å². The van der Waals surface area contributed by atoms with E-state index >= 15 is 0 Å². The Bertz CT molecular complexity index is 278. The zero-order chi connectivity index (χ0) is 10.7. The highest BCUT2D eigenvalue weighted by Crippen LogP contribution is 2.24. The van der Waals surface area contributed by atoms with Gasteiger partial charge in [0.1, 0.15) is 5.76 Å². The number of hydrazine groups is 1. The van der Waals surface area contributed by atoms with Gasteiger partial charge in [-0.3, -0.25) is 10.8 Å². The molecule has 0 aromatic rings. The number of nitrogens with two attached hydrogens (primary N) is 1. The highest BCUT2D eigenvalue weighted by Gasteiger charge is 2.19. The van der Waals surface area contributed by atoms with Gasteiger partial charge in [0, 0.05) is 26.4 Å². The van der Waals surface area contributed by atoms with Crippen LogP contribution in [0.25, 0.3) is 0 Å². The van der Waals surface area contributed by atoms with E-state index in [-0.39, 0.29) is 0 Å². The third kappa shape index (κ3) is 3.04. The van der Waals surface area contributed by atoms with Crippen LogP contribution >= 0.6 is 0 Å². The van der Waals surface area contributed by atoms with Gasteiger partial charge in [-0.2, -0.15) is 0 Å². The van der Waals surface area contributed by atoms with Crippen LogP contribution < -0.4 is 5.84 Å². The van der Waals surface area contributed by atoms with Gasteiger partial charge in [-0.25, -0.2) is 5.01 Å². The number of ether oxygens (including phenoxy) is 1. The molecule has 1 fully saturated rings. The average Bonchev–Trinajstić information content (AvgIpc) is 2.22. The summed E-state index contributed by atoms with van der Waals surface area (Å²) in [6.07, 6.45) is 5.48. The molecule has 0 aromatic carbocycles. The number of aliphatic imine (C=N–C) groups is 1. The molecule has 0 radical (unpaired) electrons. The Kier molecular flexibility index (Phi) is 3.38. The molecule has 0 saturated carbocycles. The molecule has 0 aromatic heterocycles. The molecule has 0 spiro atoms. The molecule has 0 aliphatic carbocycles. The normalized spacial score (nSPS) is 24.4. The van der Waals surface area contributed by atoms with Crippen molar-refractivity contribution in [3.8, 4) is 0 Å². The van der Waals surface area contributed by atoms with Crippen molar-refractivity contribution < 1.29 is 4.74 Å². The van der Waals surface area contributed by atoms with Crippen LogP contribution in [0.15, 0.2) is 16.8 Å². The van der Waals surface area contributed by atoms with Gasteiger partial charge >= 0.3 is 0 Å². The molecule has 0 unspecified atom stereocenters. The van der Waals surface area contributed by atoms with Crippen molar-refractivity contribution in [3.05, 3.63) is 11.8 Å². The van der Waals surface area contributed by atoms with Gasteiger partial charge in [0.05, 0.1) is 6.54 Å². The van der Waals surface area contributed by atoms with Crippen LogP contribution in [-0.4, -0.2) is 30.5 Å². The first kappa shape index (κ1) is 10.6. The van der Waals surface area contributed by atoms with Crippen molar-refractivity contribution in [2.45, 2.75) is 26.2 Å². The summed E-state index contributed by atoms with van der Waals surface area (Å²) in [5, 5.41) is 1.90. The molecule has 0 amide bonds. The van der Waals surface area contributed by atoms with Crippen molar-refractivity contribution >= 4 is 5.90 Å². The molecule has 84 valence electrons. The number of hydrogen-bond acceptors (Lipinski definition) is 4. The summed E-state index contributed by atoms with van der Waals surface area (Å²) in [7, 11) is 0. The lowest BCUT2D eigenvalue weighted by Crippen LogP contribution is -2.39. The number of nitrogens with zero attached hydrogens (tertiary/aromatic N) is 2. The van der Waals surface area contributed by atoms with Crippen molar-refractivity contribution in [2.24, 2.45) is 16.8 Å². The molecule has 2 aliphatic heterocycles. The summed E-state index contributed by atoms with van der Waals surface area (Å²) in [5.74, 6) is 8.34. The largest absolute Gasteiger partial charge is 0.448 e. The monoisotopic (exact) mass is 209 g/mol. The molecular formula is C11H19N3O. The van der Waals surface area contributed by atoms with Crippen molar-refractivity contribution in [3.63, 3.8) is 0 Å². The fourth-order valence-electron chi connectivity index (χ4n) is 2.11. The van der Waals surface area contributed by atoms with E-state index in [0.717, 1.165) is 43.6 Å². The molecular weight excluding hydrogens is 190 g/mol. The van der Waals surface area contributed by atoms with Crippen LogP contribution in [0.4, 0.5) is 0 Å². The topological polar surface area (TPSA) is 50.8 Å². The van der Waals surface area contributed by atoms with Gasteiger partial charge in [0.25, 0.3) is 0 Å². The van der Waals surface area contributed by atoms with Gasteiger partial charge in [0.15, 0.2) is 5.90 Å². The smallest absolute Gasteiger partial charge is 0.186 e. The average molecular weight is 209 g/mol. The third-order valence-electron chi connectivity index (χ3n) is 3.05. The minimum atomic E-state index is 0.724. The van der Waals surface area contributed by atoms with Gasteiger partial charge in [0.2, 0.25) is 0 Å². The molecule has 2 N–H and O–H groups in total. The van der Waals surface area contributed by atoms with Crippen molar-refractivity contribution in [2.75, 3.05) is 19.6 Å². The van der Waals surface area contributed by atoms with Crippen molar-refractivity contribution in [1.82, 2.24) is 5.01 Å². The number of rotatable bonds is 2. The highest BCUT2D eigenvalue weighted by atomic mass is 16.5.